The number of nitrogens with zero attached hydrogens (tertiary/aromatic N) is 4. The first-order valence-corrected chi connectivity index (χ1v) is 6.93. The normalized spacial score (nSPS) is 11.4. The van der Waals surface area contributed by atoms with Crippen LogP contribution >= 0.6 is 15.9 Å². The fraction of sp³-hybridized carbons (Fsp3) is 0.214. The molecule has 0 unspecified atom stereocenters. The van der Waals surface area contributed by atoms with Crippen molar-refractivity contribution in [1.82, 2.24) is 20.2 Å². The topological polar surface area (TPSA) is 43.6 Å². The van der Waals surface area contributed by atoms with Gasteiger partial charge in [-0.3, -0.25) is 0 Å². The first kappa shape index (κ1) is 12.3. The molecule has 0 amide bonds. The molecule has 1 heterocycles. The summed E-state index contributed by atoms with van der Waals surface area (Å²) < 4.78 is 2.89. The lowest BCUT2D eigenvalue weighted by Gasteiger charge is -2.10. The van der Waals surface area contributed by atoms with Crippen LogP contribution in [-0.2, 0) is 0 Å². The molecule has 0 atom stereocenters. The maximum atomic E-state index is 4.13. The van der Waals surface area contributed by atoms with E-state index in [1.165, 1.54) is 0 Å². The average molecular weight is 317 g/mol. The molecule has 0 bridgehead atoms. The zero-order valence-electron chi connectivity index (χ0n) is 10.7. The van der Waals surface area contributed by atoms with Crippen molar-refractivity contribution in [2.45, 2.75) is 19.8 Å². The highest BCUT2D eigenvalue weighted by Gasteiger charge is 2.14. The van der Waals surface area contributed by atoms with Gasteiger partial charge in [0.25, 0.3) is 0 Å². The molecule has 0 saturated carbocycles. The Morgan fingerprint density at radius 3 is 2.53 bits per heavy atom. The Hall–Kier alpha value is -1.75. The van der Waals surface area contributed by atoms with Crippen LogP contribution in [0.15, 0.2) is 40.9 Å². The van der Waals surface area contributed by atoms with Crippen molar-refractivity contribution in [2.75, 3.05) is 0 Å². The van der Waals surface area contributed by atoms with E-state index < -0.39 is 0 Å². The van der Waals surface area contributed by atoms with Crippen LogP contribution in [0.4, 0.5) is 0 Å². The van der Waals surface area contributed by atoms with Gasteiger partial charge in [0.1, 0.15) is 0 Å². The second kappa shape index (κ2) is 4.74. The van der Waals surface area contributed by atoms with Crippen molar-refractivity contribution in [2.24, 2.45) is 0 Å². The van der Waals surface area contributed by atoms with Crippen LogP contribution in [0.3, 0.4) is 0 Å². The van der Waals surface area contributed by atoms with Crippen molar-refractivity contribution in [3.8, 4) is 5.69 Å². The molecule has 5 heteroatoms. The Morgan fingerprint density at radius 1 is 1.05 bits per heavy atom. The molecule has 3 aromatic rings. The summed E-state index contributed by atoms with van der Waals surface area (Å²) in [5.74, 6) is 1.14. The summed E-state index contributed by atoms with van der Waals surface area (Å²) in [6, 6.07) is 12.3. The molecule has 0 spiro atoms. The van der Waals surface area contributed by atoms with E-state index in [0.29, 0.717) is 0 Å². The molecule has 96 valence electrons. The number of hydrogen-bond acceptors (Lipinski definition) is 3. The lowest BCUT2D eigenvalue weighted by Crippen LogP contribution is -2.05. The molecule has 0 aliphatic heterocycles. The number of aromatic nitrogens is 4. The second-order valence-corrected chi connectivity index (χ2v) is 5.57. The van der Waals surface area contributed by atoms with Gasteiger partial charge < -0.3 is 0 Å². The molecule has 2 aromatic carbocycles. The van der Waals surface area contributed by atoms with Crippen LogP contribution in [0.25, 0.3) is 16.5 Å². The zero-order chi connectivity index (χ0) is 13.4. The van der Waals surface area contributed by atoms with E-state index in [2.05, 4.69) is 57.4 Å². The number of fused-ring (bicyclic) bond motifs is 1. The Labute approximate surface area is 119 Å². The highest BCUT2D eigenvalue weighted by atomic mass is 79.9. The third kappa shape index (κ3) is 2.04. The van der Waals surface area contributed by atoms with E-state index in [0.717, 1.165) is 26.8 Å². The van der Waals surface area contributed by atoms with Gasteiger partial charge in [-0.05, 0) is 27.9 Å². The van der Waals surface area contributed by atoms with Crippen LogP contribution in [-0.4, -0.2) is 20.2 Å². The van der Waals surface area contributed by atoms with Crippen LogP contribution < -0.4 is 0 Å². The minimum absolute atomic E-state index is 0.275. The Bertz CT molecular complexity index is 733. The third-order valence-corrected chi connectivity index (χ3v) is 3.78. The van der Waals surface area contributed by atoms with Crippen LogP contribution in [0, 0.1) is 0 Å². The first-order chi connectivity index (χ1) is 9.18. The fourth-order valence-corrected chi connectivity index (χ4v) is 2.63. The number of rotatable bonds is 2. The largest absolute Gasteiger partial charge is 0.196 e. The van der Waals surface area contributed by atoms with Gasteiger partial charge >= 0.3 is 0 Å². The lowest BCUT2D eigenvalue weighted by molar-refractivity contribution is 0.713. The molecule has 0 aliphatic carbocycles. The van der Waals surface area contributed by atoms with Crippen molar-refractivity contribution in [3.63, 3.8) is 0 Å². The van der Waals surface area contributed by atoms with E-state index >= 15 is 0 Å². The van der Waals surface area contributed by atoms with Gasteiger partial charge in [0.05, 0.1) is 5.69 Å². The monoisotopic (exact) mass is 316 g/mol. The summed E-state index contributed by atoms with van der Waals surface area (Å²) in [5.41, 5.74) is 1.01. The van der Waals surface area contributed by atoms with E-state index in [9.17, 15) is 0 Å². The molecule has 1 aromatic heterocycles. The predicted molar refractivity (Wildman–Crippen MR) is 78.4 cm³/mol. The minimum Gasteiger partial charge on any atom is -0.196 e. The van der Waals surface area contributed by atoms with Gasteiger partial charge in [0.15, 0.2) is 5.82 Å². The van der Waals surface area contributed by atoms with E-state index in [1.54, 1.807) is 0 Å². The van der Waals surface area contributed by atoms with E-state index in [-0.39, 0.29) is 5.92 Å². The number of halogens is 1. The zero-order valence-corrected chi connectivity index (χ0v) is 12.3. The quantitative estimate of drug-likeness (QED) is 0.724. The maximum Gasteiger partial charge on any atom is 0.159 e. The highest BCUT2D eigenvalue weighted by Crippen LogP contribution is 2.29. The van der Waals surface area contributed by atoms with Gasteiger partial charge in [0, 0.05) is 15.8 Å². The first-order valence-electron chi connectivity index (χ1n) is 6.14. The van der Waals surface area contributed by atoms with Gasteiger partial charge in [0.2, 0.25) is 0 Å². The smallest absolute Gasteiger partial charge is 0.159 e. The van der Waals surface area contributed by atoms with Gasteiger partial charge in [-0.25, -0.2) is 0 Å². The maximum absolute atomic E-state index is 4.13. The summed E-state index contributed by atoms with van der Waals surface area (Å²) in [5, 5.41) is 14.3. The molecule has 0 fully saturated rings. The van der Waals surface area contributed by atoms with Gasteiger partial charge in [-0.1, -0.05) is 54.0 Å². The Morgan fingerprint density at radius 2 is 1.79 bits per heavy atom. The average Bonchev–Trinajstić information content (AvgIpc) is 2.89. The number of tetrazole rings is 1. The van der Waals surface area contributed by atoms with Crippen LogP contribution in [0.2, 0.25) is 0 Å². The van der Waals surface area contributed by atoms with Crippen molar-refractivity contribution in [1.29, 1.82) is 0 Å². The van der Waals surface area contributed by atoms with Crippen molar-refractivity contribution < 1.29 is 0 Å². The Balaban J connectivity index is 2.31. The number of benzene rings is 2. The summed E-state index contributed by atoms with van der Waals surface area (Å²) in [6.45, 7) is 4.17. The molecular formula is C14H13BrN4. The fourth-order valence-electron chi connectivity index (χ4n) is 2.16. The summed E-state index contributed by atoms with van der Waals surface area (Å²) in [6.07, 6.45) is 0. The molecule has 4 nitrogen and oxygen atoms in total. The molecule has 3 rings (SSSR count). The third-order valence-electron chi connectivity index (χ3n) is 3.09. The molecule has 19 heavy (non-hydrogen) atoms. The summed E-state index contributed by atoms with van der Waals surface area (Å²) in [7, 11) is 0. The Kier molecular flexibility index (Phi) is 3.06. The van der Waals surface area contributed by atoms with E-state index in [4.69, 9.17) is 0 Å². The SMILES string of the molecule is CC(C)c1nnnn1-c1ccc(Br)c2ccccc12. The van der Waals surface area contributed by atoms with E-state index in [1.807, 2.05) is 28.9 Å². The highest BCUT2D eigenvalue weighted by molar-refractivity contribution is 9.10. The standard InChI is InChI=1S/C14H13BrN4/c1-9(2)14-16-17-18-19(14)13-8-7-12(15)10-5-3-4-6-11(10)13/h3-9H,1-2H3. The predicted octanol–water partition coefficient (Wildman–Crippen LogP) is 3.70. The second-order valence-electron chi connectivity index (χ2n) is 4.72. The molecule has 0 N–H and O–H groups in total. The summed E-state index contributed by atoms with van der Waals surface area (Å²) >= 11 is 3.58. The van der Waals surface area contributed by atoms with Gasteiger partial charge in [-0.15, -0.1) is 5.10 Å². The molecular weight excluding hydrogens is 304 g/mol. The van der Waals surface area contributed by atoms with Crippen molar-refractivity contribution >= 4 is 26.7 Å². The molecule has 0 saturated heterocycles. The summed E-state index contributed by atoms with van der Waals surface area (Å²) in [4.78, 5) is 0. The van der Waals surface area contributed by atoms with Gasteiger partial charge in [-0.2, -0.15) is 4.68 Å². The lowest BCUT2D eigenvalue weighted by atomic mass is 10.1. The minimum atomic E-state index is 0.275. The molecule has 0 radical (unpaired) electrons. The van der Waals surface area contributed by atoms with Crippen LogP contribution in [0.5, 0.6) is 0 Å². The van der Waals surface area contributed by atoms with Crippen molar-refractivity contribution in [3.05, 3.63) is 46.7 Å². The number of hydrogen-bond donors (Lipinski definition) is 0. The molecule has 0 aliphatic rings. The van der Waals surface area contributed by atoms with Crippen LogP contribution in [0.1, 0.15) is 25.6 Å².